The zero-order valence-corrected chi connectivity index (χ0v) is 10.8. The molecule has 1 aliphatic rings. The second-order valence-electron chi connectivity index (χ2n) is 4.55. The molecule has 0 unspecified atom stereocenters. The molecule has 0 saturated heterocycles. The van der Waals surface area contributed by atoms with Gasteiger partial charge in [-0.3, -0.25) is 4.79 Å². The Morgan fingerprint density at radius 1 is 1.05 bits per heavy atom. The average Bonchev–Trinajstić information content (AvgIpc) is 3.14. The molecule has 4 rings (SSSR count). The Balaban J connectivity index is 1.60. The highest BCUT2D eigenvalue weighted by molar-refractivity contribution is 6.06. The number of benzene rings is 2. The molecule has 21 heavy (non-hydrogen) atoms. The molecule has 1 aliphatic heterocycles. The number of rotatable bonds is 2. The van der Waals surface area contributed by atoms with Crippen LogP contribution in [0.2, 0.25) is 0 Å². The summed E-state index contributed by atoms with van der Waals surface area (Å²) in [5.74, 6) is 1.08. The lowest BCUT2D eigenvalue weighted by atomic mass is 10.2. The Labute approximate surface area is 118 Å². The molecule has 2 N–H and O–H groups in total. The van der Waals surface area contributed by atoms with Crippen LogP contribution < -0.4 is 14.8 Å². The molecule has 0 saturated carbocycles. The van der Waals surface area contributed by atoms with Crippen molar-refractivity contribution in [1.29, 1.82) is 0 Å². The monoisotopic (exact) mass is 282 g/mol. The molecule has 7 heteroatoms. The fourth-order valence-corrected chi connectivity index (χ4v) is 2.16. The summed E-state index contributed by atoms with van der Waals surface area (Å²) >= 11 is 0. The van der Waals surface area contributed by atoms with E-state index in [1.165, 1.54) is 0 Å². The summed E-state index contributed by atoms with van der Waals surface area (Å²) in [4.78, 5) is 12.2. The Morgan fingerprint density at radius 2 is 1.90 bits per heavy atom. The summed E-state index contributed by atoms with van der Waals surface area (Å²) in [6.45, 7) is 0.204. The molecule has 0 radical (unpaired) electrons. The molecule has 3 aromatic rings. The van der Waals surface area contributed by atoms with Crippen molar-refractivity contribution in [3.8, 4) is 11.5 Å². The van der Waals surface area contributed by atoms with Gasteiger partial charge < -0.3 is 14.8 Å². The SMILES string of the molecule is O=C(Nc1ccc2c(c1)OCO2)c1ccc2n[nH]nc2c1. The highest BCUT2D eigenvalue weighted by atomic mass is 16.7. The summed E-state index contributed by atoms with van der Waals surface area (Å²) in [5, 5.41) is 13.2. The Bertz CT molecular complexity index is 843. The minimum Gasteiger partial charge on any atom is -0.454 e. The van der Waals surface area contributed by atoms with Crippen LogP contribution in [0.5, 0.6) is 11.5 Å². The molecular formula is C14H10N4O3. The fourth-order valence-electron chi connectivity index (χ4n) is 2.16. The smallest absolute Gasteiger partial charge is 0.255 e. The fraction of sp³-hybridized carbons (Fsp3) is 0.0714. The van der Waals surface area contributed by atoms with Crippen molar-refractivity contribution in [2.75, 3.05) is 12.1 Å². The molecule has 2 heterocycles. The van der Waals surface area contributed by atoms with Gasteiger partial charge in [0, 0.05) is 17.3 Å². The normalized spacial score (nSPS) is 12.6. The maximum atomic E-state index is 12.2. The van der Waals surface area contributed by atoms with E-state index in [4.69, 9.17) is 9.47 Å². The first-order valence-corrected chi connectivity index (χ1v) is 6.31. The lowest BCUT2D eigenvalue weighted by Gasteiger charge is -2.06. The molecule has 0 aliphatic carbocycles. The third-order valence-electron chi connectivity index (χ3n) is 3.21. The summed E-state index contributed by atoms with van der Waals surface area (Å²) in [5.41, 5.74) is 2.52. The number of nitrogens with zero attached hydrogens (tertiary/aromatic N) is 2. The third-order valence-corrected chi connectivity index (χ3v) is 3.21. The molecular weight excluding hydrogens is 272 g/mol. The molecule has 0 atom stereocenters. The minimum atomic E-state index is -0.223. The van der Waals surface area contributed by atoms with Gasteiger partial charge in [-0.05, 0) is 30.3 Å². The first-order valence-electron chi connectivity index (χ1n) is 6.31. The van der Waals surface area contributed by atoms with Gasteiger partial charge in [0.2, 0.25) is 6.79 Å². The van der Waals surface area contributed by atoms with Crippen molar-refractivity contribution >= 4 is 22.6 Å². The van der Waals surface area contributed by atoms with Crippen LogP contribution in [0.15, 0.2) is 36.4 Å². The Morgan fingerprint density at radius 3 is 2.86 bits per heavy atom. The number of fused-ring (bicyclic) bond motifs is 2. The van der Waals surface area contributed by atoms with Crippen LogP contribution in [0.25, 0.3) is 11.0 Å². The predicted molar refractivity (Wildman–Crippen MR) is 74.4 cm³/mol. The van der Waals surface area contributed by atoms with E-state index >= 15 is 0 Å². The molecule has 2 aromatic carbocycles. The van der Waals surface area contributed by atoms with Gasteiger partial charge in [0.1, 0.15) is 11.0 Å². The summed E-state index contributed by atoms with van der Waals surface area (Å²) in [6.07, 6.45) is 0. The molecule has 0 spiro atoms. The summed E-state index contributed by atoms with van der Waals surface area (Å²) in [6, 6.07) is 10.4. The molecule has 104 valence electrons. The molecule has 1 amide bonds. The maximum Gasteiger partial charge on any atom is 0.255 e. The molecule has 0 fully saturated rings. The van der Waals surface area contributed by atoms with Crippen LogP contribution in [0.4, 0.5) is 5.69 Å². The van der Waals surface area contributed by atoms with Crippen molar-refractivity contribution in [1.82, 2.24) is 15.4 Å². The van der Waals surface area contributed by atoms with Crippen molar-refractivity contribution in [2.24, 2.45) is 0 Å². The number of nitrogens with one attached hydrogen (secondary N) is 2. The van der Waals surface area contributed by atoms with Crippen LogP contribution in [0.3, 0.4) is 0 Å². The summed E-state index contributed by atoms with van der Waals surface area (Å²) < 4.78 is 10.5. The van der Waals surface area contributed by atoms with E-state index in [1.807, 2.05) is 0 Å². The number of hydrogen-bond acceptors (Lipinski definition) is 5. The van der Waals surface area contributed by atoms with Crippen LogP contribution in [-0.4, -0.2) is 28.1 Å². The minimum absolute atomic E-state index is 0.204. The van der Waals surface area contributed by atoms with Crippen molar-refractivity contribution in [3.05, 3.63) is 42.0 Å². The number of aromatic amines is 1. The zero-order valence-electron chi connectivity index (χ0n) is 10.8. The number of carbonyl (C=O) groups is 1. The van der Waals surface area contributed by atoms with Crippen LogP contribution >= 0.6 is 0 Å². The number of anilines is 1. The molecule has 7 nitrogen and oxygen atoms in total. The average molecular weight is 282 g/mol. The number of amides is 1. The lowest BCUT2D eigenvalue weighted by molar-refractivity contribution is 0.102. The highest BCUT2D eigenvalue weighted by Gasteiger charge is 2.15. The van der Waals surface area contributed by atoms with Crippen LogP contribution in [0, 0.1) is 0 Å². The number of aromatic nitrogens is 3. The standard InChI is InChI=1S/C14H10N4O3/c19-14(8-1-3-10-11(5-8)17-18-16-10)15-9-2-4-12-13(6-9)21-7-20-12/h1-6H,7H2,(H,15,19)(H,16,17,18). The van der Waals surface area contributed by atoms with Crippen LogP contribution in [0.1, 0.15) is 10.4 Å². The third kappa shape index (κ3) is 2.04. The van der Waals surface area contributed by atoms with Crippen LogP contribution in [-0.2, 0) is 0 Å². The number of hydrogen-bond donors (Lipinski definition) is 2. The lowest BCUT2D eigenvalue weighted by Crippen LogP contribution is -2.11. The van der Waals surface area contributed by atoms with Crippen molar-refractivity contribution < 1.29 is 14.3 Å². The van der Waals surface area contributed by atoms with E-state index in [1.54, 1.807) is 36.4 Å². The van der Waals surface area contributed by atoms with Gasteiger partial charge in [0.15, 0.2) is 11.5 Å². The van der Waals surface area contributed by atoms with E-state index in [0.717, 1.165) is 5.52 Å². The zero-order chi connectivity index (χ0) is 14.2. The summed E-state index contributed by atoms with van der Waals surface area (Å²) in [7, 11) is 0. The van der Waals surface area contributed by atoms with Crippen molar-refractivity contribution in [3.63, 3.8) is 0 Å². The molecule has 1 aromatic heterocycles. The quantitative estimate of drug-likeness (QED) is 0.749. The largest absolute Gasteiger partial charge is 0.454 e. The highest BCUT2D eigenvalue weighted by Crippen LogP contribution is 2.34. The topological polar surface area (TPSA) is 89.1 Å². The first-order chi connectivity index (χ1) is 10.3. The van der Waals surface area contributed by atoms with E-state index < -0.39 is 0 Å². The van der Waals surface area contributed by atoms with E-state index in [-0.39, 0.29) is 12.7 Å². The Kier molecular flexibility index (Phi) is 2.50. The second-order valence-corrected chi connectivity index (χ2v) is 4.55. The van der Waals surface area contributed by atoms with Gasteiger partial charge in [0.05, 0.1) is 0 Å². The maximum absolute atomic E-state index is 12.2. The van der Waals surface area contributed by atoms with Gasteiger partial charge >= 0.3 is 0 Å². The first kappa shape index (κ1) is 11.7. The Hall–Kier alpha value is -3.09. The number of carbonyl (C=O) groups excluding carboxylic acids is 1. The van der Waals surface area contributed by atoms with Gasteiger partial charge in [-0.15, -0.1) is 0 Å². The predicted octanol–water partition coefficient (Wildman–Crippen LogP) is 1.94. The van der Waals surface area contributed by atoms with E-state index in [9.17, 15) is 4.79 Å². The van der Waals surface area contributed by atoms with Gasteiger partial charge in [-0.1, -0.05) is 0 Å². The number of H-pyrrole nitrogens is 1. The van der Waals surface area contributed by atoms with Gasteiger partial charge in [-0.2, -0.15) is 15.4 Å². The van der Waals surface area contributed by atoms with Crippen molar-refractivity contribution in [2.45, 2.75) is 0 Å². The van der Waals surface area contributed by atoms with Gasteiger partial charge in [-0.25, -0.2) is 0 Å². The second kappa shape index (κ2) is 4.48. The van der Waals surface area contributed by atoms with E-state index in [2.05, 4.69) is 20.7 Å². The van der Waals surface area contributed by atoms with E-state index in [0.29, 0.717) is 28.3 Å². The molecule has 0 bridgehead atoms. The number of ether oxygens (including phenoxy) is 2. The van der Waals surface area contributed by atoms with Gasteiger partial charge in [0.25, 0.3) is 5.91 Å².